The molecule has 1 unspecified atom stereocenters. The Morgan fingerprint density at radius 1 is 1.43 bits per heavy atom. The van der Waals surface area contributed by atoms with E-state index in [0.29, 0.717) is 18.0 Å². The minimum absolute atomic E-state index is 0.211. The zero-order valence-corrected chi connectivity index (χ0v) is 11.9. The van der Waals surface area contributed by atoms with E-state index >= 15 is 0 Å². The number of aromatic nitrogens is 2. The first kappa shape index (κ1) is 14.9. The Bertz CT molecular complexity index is 667. The molecule has 2 aromatic rings. The number of ether oxygens (including phenoxy) is 1. The highest BCUT2D eigenvalue weighted by Crippen LogP contribution is 2.10. The molecule has 2 aromatic heterocycles. The van der Waals surface area contributed by atoms with E-state index in [-0.39, 0.29) is 23.1 Å². The molecule has 2 N–H and O–H groups in total. The number of nitrogens with zero attached hydrogens (tertiary/aromatic N) is 1. The Kier molecular flexibility index (Phi) is 4.84. The second kappa shape index (κ2) is 6.81. The lowest BCUT2D eigenvalue weighted by Crippen LogP contribution is -2.33. The van der Waals surface area contributed by atoms with Gasteiger partial charge in [-0.2, -0.15) is 0 Å². The van der Waals surface area contributed by atoms with Crippen LogP contribution in [0.5, 0.6) is 0 Å². The van der Waals surface area contributed by atoms with Crippen molar-refractivity contribution in [3.8, 4) is 0 Å². The van der Waals surface area contributed by atoms with E-state index < -0.39 is 0 Å². The molecule has 2 heterocycles. The molecule has 2 rings (SSSR count). The van der Waals surface area contributed by atoms with E-state index in [1.165, 1.54) is 12.1 Å². The third-order valence-electron chi connectivity index (χ3n) is 2.91. The summed E-state index contributed by atoms with van der Waals surface area (Å²) in [6.45, 7) is 2.02. The second-order valence-corrected chi connectivity index (χ2v) is 4.65. The van der Waals surface area contributed by atoms with Crippen LogP contribution >= 0.6 is 0 Å². The lowest BCUT2D eigenvalue weighted by atomic mass is 10.2. The third kappa shape index (κ3) is 4.00. The van der Waals surface area contributed by atoms with Gasteiger partial charge in [-0.15, -0.1) is 0 Å². The fourth-order valence-electron chi connectivity index (χ4n) is 1.99. The quantitative estimate of drug-likeness (QED) is 0.865. The van der Waals surface area contributed by atoms with Gasteiger partial charge in [-0.05, 0) is 19.1 Å². The van der Waals surface area contributed by atoms with Gasteiger partial charge in [0.1, 0.15) is 5.69 Å². The van der Waals surface area contributed by atoms with Gasteiger partial charge >= 0.3 is 0 Å². The number of aryl methyl sites for hydroxylation is 1. The Hall–Kier alpha value is -2.47. The zero-order chi connectivity index (χ0) is 15.2. The van der Waals surface area contributed by atoms with Crippen LogP contribution in [0.15, 0.2) is 41.3 Å². The summed E-state index contributed by atoms with van der Waals surface area (Å²) >= 11 is 0. The number of methoxy groups -OCH3 is 1. The topological polar surface area (TPSA) is 84.1 Å². The van der Waals surface area contributed by atoms with Crippen molar-refractivity contribution in [1.29, 1.82) is 0 Å². The summed E-state index contributed by atoms with van der Waals surface area (Å²) in [6.07, 6.45) is 1.65. The van der Waals surface area contributed by atoms with Crippen LogP contribution in [0.25, 0.3) is 0 Å². The van der Waals surface area contributed by atoms with Gasteiger partial charge in [-0.3, -0.25) is 14.6 Å². The number of amides is 1. The predicted molar refractivity (Wildman–Crippen MR) is 78.1 cm³/mol. The standard InChI is InChI=1S/C15H17N3O3/c1-10-7-11(19)8-13(17-10)15(20)18-14(9-21-2)12-5-3-4-6-16-12/h3-8,14H,9H2,1-2H3,(H,17,19)(H,18,20). The maximum Gasteiger partial charge on any atom is 0.268 e. The van der Waals surface area contributed by atoms with Crippen molar-refractivity contribution in [3.63, 3.8) is 0 Å². The number of rotatable bonds is 5. The minimum Gasteiger partial charge on any atom is -0.382 e. The average Bonchev–Trinajstić information content (AvgIpc) is 2.46. The highest BCUT2D eigenvalue weighted by molar-refractivity contribution is 5.92. The normalized spacial score (nSPS) is 11.9. The molecular weight excluding hydrogens is 270 g/mol. The molecule has 6 heteroatoms. The van der Waals surface area contributed by atoms with Crippen LogP contribution in [0.3, 0.4) is 0 Å². The molecule has 0 radical (unpaired) electrons. The maximum atomic E-state index is 12.2. The first-order valence-corrected chi connectivity index (χ1v) is 6.52. The van der Waals surface area contributed by atoms with Crippen LogP contribution in [-0.4, -0.2) is 29.6 Å². The first-order chi connectivity index (χ1) is 10.1. The molecule has 0 bridgehead atoms. The van der Waals surface area contributed by atoms with Crippen LogP contribution in [0, 0.1) is 6.92 Å². The Labute approximate surface area is 122 Å². The average molecular weight is 287 g/mol. The molecule has 0 fully saturated rings. The van der Waals surface area contributed by atoms with Crippen molar-refractivity contribution in [1.82, 2.24) is 15.3 Å². The van der Waals surface area contributed by atoms with Gasteiger partial charge in [0, 0.05) is 31.1 Å². The molecule has 0 aliphatic carbocycles. The maximum absolute atomic E-state index is 12.2. The Morgan fingerprint density at radius 2 is 2.24 bits per heavy atom. The second-order valence-electron chi connectivity index (χ2n) is 4.65. The monoisotopic (exact) mass is 287 g/mol. The van der Waals surface area contributed by atoms with E-state index in [9.17, 15) is 9.59 Å². The first-order valence-electron chi connectivity index (χ1n) is 6.52. The van der Waals surface area contributed by atoms with Crippen molar-refractivity contribution in [3.05, 3.63) is 63.8 Å². The summed E-state index contributed by atoms with van der Waals surface area (Å²) in [6, 6.07) is 7.77. The van der Waals surface area contributed by atoms with E-state index in [4.69, 9.17) is 4.74 Å². The van der Waals surface area contributed by atoms with Crippen molar-refractivity contribution in [2.75, 3.05) is 13.7 Å². The van der Waals surface area contributed by atoms with Crippen LogP contribution < -0.4 is 10.7 Å². The number of H-pyrrole nitrogens is 1. The molecule has 0 aliphatic rings. The lowest BCUT2D eigenvalue weighted by molar-refractivity contribution is 0.0889. The van der Waals surface area contributed by atoms with Crippen LogP contribution in [0.4, 0.5) is 0 Å². The van der Waals surface area contributed by atoms with Gasteiger partial charge < -0.3 is 15.0 Å². The van der Waals surface area contributed by atoms with E-state index in [0.717, 1.165) is 0 Å². The fraction of sp³-hybridized carbons (Fsp3) is 0.267. The Balaban J connectivity index is 2.20. The lowest BCUT2D eigenvalue weighted by Gasteiger charge is -2.17. The molecule has 0 aliphatic heterocycles. The molecule has 0 aromatic carbocycles. The summed E-state index contributed by atoms with van der Waals surface area (Å²) < 4.78 is 5.12. The zero-order valence-electron chi connectivity index (χ0n) is 11.9. The number of pyridine rings is 2. The number of hydrogen-bond donors (Lipinski definition) is 2. The molecule has 21 heavy (non-hydrogen) atoms. The summed E-state index contributed by atoms with van der Waals surface area (Å²) in [5, 5.41) is 2.81. The predicted octanol–water partition coefficient (Wildman–Crippen LogP) is 1.20. The molecule has 0 saturated carbocycles. The van der Waals surface area contributed by atoms with Crippen molar-refractivity contribution in [2.45, 2.75) is 13.0 Å². The van der Waals surface area contributed by atoms with Crippen molar-refractivity contribution >= 4 is 5.91 Å². The van der Waals surface area contributed by atoms with Gasteiger partial charge in [0.15, 0.2) is 5.43 Å². The van der Waals surface area contributed by atoms with E-state index in [1.807, 2.05) is 12.1 Å². The van der Waals surface area contributed by atoms with E-state index in [1.54, 1.807) is 26.3 Å². The number of aromatic amines is 1. The Morgan fingerprint density at radius 3 is 2.86 bits per heavy atom. The van der Waals surface area contributed by atoms with E-state index in [2.05, 4.69) is 15.3 Å². The van der Waals surface area contributed by atoms with Gasteiger partial charge in [-0.25, -0.2) is 0 Å². The van der Waals surface area contributed by atoms with Crippen molar-refractivity contribution in [2.24, 2.45) is 0 Å². The number of nitrogens with one attached hydrogen (secondary N) is 2. The molecule has 0 spiro atoms. The summed E-state index contributed by atoms with van der Waals surface area (Å²) in [7, 11) is 1.55. The molecule has 1 amide bonds. The molecular formula is C15H17N3O3. The molecule has 110 valence electrons. The highest BCUT2D eigenvalue weighted by Gasteiger charge is 2.17. The van der Waals surface area contributed by atoms with Crippen molar-refractivity contribution < 1.29 is 9.53 Å². The largest absolute Gasteiger partial charge is 0.382 e. The number of carbonyl (C=O) groups is 1. The third-order valence-corrected chi connectivity index (χ3v) is 2.91. The number of hydrogen-bond acceptors (Lipinski definition) is 4. The smallest absolute Gasteiger partial charge is 0.268 e. The summed E-state index contributed by atoms with van der Waals surface area (Å²) in [5.41, 5.74) is 1.34. The highest BCUT2D eigenvalue weighted by atomic mass is 16.5. The SMILES string of the molecule is COCC(NC(=O)c1cc(=O)cc(C)[nH]1)c1ccccn1. The van der Waals surface area contributed by atoms with Crippen LogP contribution in [0.2, 0.25) is 0 Å². The van der Waals surface area contributed by atoms with Gasteiger partial charge in [0.05, 0.1) is 18.3 Å². The van der Waals surface area contributed by atoms with Crippen LogP contribution in [-0.2, 0) is 4.74 Å². The number of carbonyl (C=O) groups excluding carboxylic acids is 1. The molecule has 0 saturated heterocycles. The van der Waals surface area contributed by atoms with Gasteiger partial charge in [0.2, 0.25) is 0 Å². The minimum atomic E-state index is -0.382. The molecule has 1 atom stereocenters. The van der Waals surface area contributed by atoms with Gasteiger partial charge in [-0.1, -0.05) is 6.07 Å². The van der Waals surface area contributed by atoms with Crippen LogP contribution in [0.1, 0.15) is 27.9 Å². The summed E-state index contributed by atoms with van der Waals surface area (Å²) in [4.78, 5) is 30.8. The summed E-state index contributed by atoms with van der Waals surface area (Å²) in [5.74, 6) is -0.372. The van der Waals surface area contributed by atoms with Gasteiger partial charge in [0.25, 0.3) is 5.91 Å². The molecule has 6 nitrogen and oxygen atoms in total. The fourth-order valence-corrected chi connectivity index (χ4v) is 1.99.